The normalized spacial score (nSPS) is 10.1. The van der Waals surface area contributed by atoms with Crippen molar-refractivity contribution in [1.82, 2.24) is 0 Å². The smallest absolute Gasteiger partial charge is 0.0991 e. The predicted octanol–water partition coefficient (Wildman–Crippen LogP) is 4.24. The summed E-state index contributed by atoms with van der Waals surface area (Å²) in [5.74, 6) is 0.542. The first-order valence-corrected chi connectivity index (χ1v) is 7.03. The Morgan fingerprint density at radius 3 is 2.65 bits per heavy atom. The molecule has 0 aliphatic carbocycles. The van der Waals surface area contributed by atoms with E-state index in [1.807, 2.05) is 31.3 Å². The highest BCUT2D eigenvalue weighted by Gasteiger charge is 2.05. The standard InChI is InChI=1S/C17H17ClN2/c1-13-8-17(7-6-16(13)10-18)20(2)12-15-5-3-4-14(9-15)11-19/h3-9H,10,12H2,1-2H3. The third kappa shape index (κ3) is 3.31. The van der Waals surface area contributed by atoms with Crippen molar-refractivity contribution in [3.05, 3.63) is 64.7 Å². The lowest BCUT2D eigenvalue weighted by Gasteiger charge is -2.20. The van der Waals surface area contributed by atoms with Crippen molar-refractivity contribution < 1.29 is 0 Å². The van der Waals surface area contributed by atoms with E-state index in [2.05, 4.69) is 36.1 Å². The minimum Gasteiger partial charge on any atom is -0.370 e. The highest BCUT2D eigenvalue weighted by molar-refractivity contribution is 6.17. The highest BCUT2D eigenvalue weighted by atomic mass is 35.5. The van der Waals surface area contributed by atoms with Crippen LogP contribution in [0.3, 0.4) is 0 Å². The molecule has 0 fully saturated rings. The van der Waals surface area contributed by atoms with Gasteiger partial charge >= 0.3 is 0 Å². The molecule has 0 bridgehead atoms. The first kappa shape index (κ1) is 14.4. The third-order valence-corrected chi connectivity index (χ3v) is 3.67. The van der Waals surface area contributed by atoms with Gasteiger partial charge in [-0.1, -0.05) is 18.2 Å². The first-order valence-electron chi connectivity index (χ1n) is 6.49. The fraction of sp³-hybridized carbons (Fsp3) is 0.235. The van der Waals surface area contributed by atoms with E-state index >= 15 is 0 Å². The van der Waals surface area contributed by atoms with Crippen molar-refractivity contribution in [2.24, 2.45) is 0 Å². The molecule has 0 N–H and O–H groups in total. The Kier molecular flexibility index (Phi) is 4.65. The van der Waals surface area contributed by atoms with E-state index < -0.39 is 0 Å². The Labute approximate surface area is 125 Å². The van der Waals surface area contributed by atoms with Gasteiger partial charge in [-0.15, -0.1) is 11.6 Å². The van der Waals surface area contributed by atoms with Crippen LogP contribution in [0.1, 0.15) is 22.3 Å². The second-order valence-electron chi connectivity index (χ2n) is 4.91. The topological polar surface area (TPSA) is 27.0 Å². The number of rotatable bonds is 4. The summed E-state index contributed by atoms with van der Waals surface area (Å²) in [6.07, 6.45) is 0. The molecule has 0 radical (unpaired) electrons. The number of anilines is 1. The summed E-state index contributed by atoms with van der Waals surface area (Å²) in [4.78, 5) is 2.17. The number of aryl methyl sites for hydroxylation is 1. The molecule has 0 amide bonds. The van der Waals surface area contributed by atoms with Gasteiger partial charge in [0.15, 0.2) is 0 Å². The maximum atomic E-state index is 8.93. The number of benzene rings is 2. The van der Waals surface area contributed by atoms with Crippen LogP contribution in [-0.4, -0.2) is 7.05 Å². The molecule has 0 atom stereocenters. The quantitative estimate of drug-likeness (QED) is 0.785. The second-order valence-corrected chi connectivity index (χ2v) is 5.18. The molecule has 0 saturated heterocycles. The SMILES string of the molecule is Cc1cc(N(C)Cc2cccc(C#N)c2)ccc1CCl. The van der Waals surface area contributed by atoms with Crippen LogP contribution in [0.5, 0.6) is 0 Å². The van der Waals surface area contributed by atoms with Crippen LogP contribution in [0.15, 0.2) is 42.5 Å². The summed E-state index contributed by atoms with van der Waals surface area (Å²) in [7, 11) is 2.05. The van der Waals surface area contributed by atoms with Gasteiger partial charge in [0.1, 0.15) is 0 Å². The van der Waals surface area contributed by atoms with Crippen LogP contribution in [-0.2, 0) is 12.4 Å². The van der Waals surface area contributed by atoms with Crippen LogP contribution >= 0.6 is 11.6 Å². The van der Waals surface area contributed by atoms with Gasteiger partial charge < -0.3 is 4.90 Å². The fourth-order valence-corrected chi connectivity index (χ4v) is 2.47. The monoisotopic (exact) mass is 284 g/mol. The molecular weight excluding hydrogens is 268 g/mol. The Morgan fingerprint density at radius 2 is 2.00 bits per heavy atom. The van der Waals surface area contributed by atoms with E-state index in [9.17, 15) is 0 Å². The van der Waals surface area contributed by atoms with E-state index in [-0.39, 0.29) is 0 Å². The van der Waals surface area contributed by atoms with Crippen molar-refractivity contribution in [2.45, 2.75) is 19.3 Å². The van der Waals surface area contributed by atoms with Crippen molar-refractivity contribution >= 4 is 17.3 Å². The summed E-state index contributed by atoms with van der Waals surface area (Å²) >= 11 is 5.88. The zero-order chi connectivity index (χ0) is 14.5. The summed E-state index contributed by atoms with van der Waals surface area (Å²) in [6.45, 7) is 2.85. The van der Waals surface area contributed by atoms with Crippen LogP contribution in [0.4, 0.5) is 5.69 Å². The van der Waals surface area contributed by atoms with Gasteiger partial charge in [-0.05, 0) is 47.9 Å². The van der Waals surface area contributed by atoms with Crippen LogP contribution in [0, 0.1) is 18.3 Å². The van der Waals surface area contributed by atoms with Gasteiger partial charge in [-0.2, -0.15) is 5.26 Å². The lowest BCUT2D eigenvalue weighted by Crippen LogP contribution is -2.16. The minimum atomic E-state index is 0.542. The molecule has 20 heavy (non-hydrogen) atoms. The summed E-state index contributed by atoms with van der Waals surface area (Å²) in [5, 5.41) is 8.93. The third-order valence-electron chi connectivity index (χ3n) is 3.39. The van der Waals surface area contributed by atoms with Crippen molar-refractivity contribution in [3.63, 3.8) is 0 Å². The van der Waals surface area contributed by atoms with Gasteiger partial charge in [-0.25, -0.2) is 0 Å². The average molecular weight is 285 g/mol. The number of alkyl halides is 1. The van der Waals surface area contributed by atoms with Crippen molar-refractivity contribution in [2.75, 3.05) is 11.9 Å². The molecule has 0 saturated carbocycles. The summed E-state index contributed by atoms with van der Waals surface area (Å²) in [5.41, 5.74) is 5.35. The van der Waals surface area contributed by atoms with E-state index in [1.54, 1.807) is 0 Å². The number of nitrogens with zero attached hydrogens (tertiary/aromatic N) is 2. The van der Waals surface area contributed by atoms with Gasteiger partial charge in [0.25, 0.3) is 0 Å². The number of halogens is 1. The second kappa shape index (κ2) is 6.45. The molecule has 0 heterocycles. The maximum Gasteiger partial charge on any atom is 0.0991 e. The van der Waals surface area contributed by atoms with Crippen LogP contribution in [0.2, 0.25) is 0 Å². The molecule has 0 aliphatic heterocycles. The Bertz CT molecular complexity index is 644. The Balaban J connectivity index is 2.17. The van der Waals surface area contributed by atoms with Crippen molar-refractivity contribution in [3.8, 4) is 6.07 Å². The Morgan fingerprint density at radius 1 is 1.20 bits per heavy atom. The lowest BCUT2D eigenvalue weighted by atomic mass is 10.1. The molecule has 0 spiro atoms. The van der Waals surface area contributed by atoms with E-state index in [0.717, 1.165) is 23.4 Å². The number of hydrogen-bond donors (Lipinski definition) is 0. The van der Waals surface area contributed by atoms with Gasteiger partial charge in [0.2, 0.25) is 0 Å². The fourth-order valence-electron chi connectivity index (χ4n) is 2.17. The molecule has 2 rings (SSSR count). The van der Waals surface area contributed by atoms with E-state index in [4.69, 9.17) is 16.9 Å². The molecule has 2 aromatic carbocycles. The van der Waals surface area contributed by atoms with E-state index in [0.29, 0.717) is 11.4 Å². The molecule has 0 aliphatic rings. The molecule has 0 aromatic heterocycles. The van der Waals surface area contributed by atoms with Gasteiger partial charge in [0.05, 0.1) is 11.6 Å². The van der Waals surface area contributed by atoms with Gasteiger partial charge in [0, 0.05) is 25.2 Å². The first-order chi connectivity index (χ1) is 9.63. The van der Waals surface area contributed by atoms with Crippen LogP contribution < -0.4 is 4.90 Å². The summed E-state index contributed by atoms with van der Waals surface area (Å²) in [6, 6.07) is 16.2. The van der Waals surface area contributed by atoms with Gasteiger partial charge in [-0.3, -0.25) is 0 Å². The highest BCUT2D eigenvalue weighted by Crippen LogP contribution is 2.21. The minimum absolute atomic E-state index is 0.542. The number of hydrogen-bond acceptors (Lipinski definition) is 2. The molecule has 2 aromatic rings. The van der Waals surface area contributed by atoms with E-state index in [1.165, 1.54) is 5.56 Å². The predicted molar refractivity (Wildman–Crippen MR) is 84.0 cm³/mol. The molecule has 0 unspecified atom stereocenters. The average Bonchev–Trinajstić information content (AvgIpc) is 2.47. The Hall–Kier alpha value is -1.98. The zero-order valence-corrected chi connectivity index (χ0v) is 12.5. The molecule has 2 nitrogen and oxygen atoms in total. The molecule has 3 heteroatoms. The zero-order valence-electron chi connectivity index (χ0n) is 11.7. The molecular formula is C17H17ClN2. The number of nitriles is 1. The lowest BCUT2D eigenvalue weighted by molar-refractivity contribution is 0.920. The van der Waals surface area contributed by atoms with Crippen LogP contribution in [0.25, 0.3) is 0 Å². The van der Waals surface area contributed by atoms with Crippen molar-refractivity contribution in [1.29, 1.82) is 5.26 Å². The maximum absolute atomic E-state index is 8.93. The largest absolute Gasteiger partial charge is 0.370 e. The molecule has 102 valence electrons. The summed E-state index contributed by atoms with van der Waals surface area (Å²) < 4.78 is 0.